The Morgan fingerprint density at radius 1 is 1.30 bits per heavy atom. The molecule has 2 aromatic rings. The maximum Gasteiger partial charge on any atom is 0.272 e. The van der Waals surface area contributed by atoms with Gasteiger partial charge in [-0.15, -0.1) is 0 Å². The predicted molar refractivity (Wildman–Crippen MR) is 78.4 cm³/mol. The molecule has 1 aromatic carbocycles. The summed E-state index contributed by atoms with van der Waals surface area (Å²) in [6.45, 7) is 2.96. The van der Waals surface area contributed by atoms with E-state index >= 15 is 0 Å². The minimum atomic E-state index is 0.0619. The highest BCUT2D eigenvalue weighted by Crippen LogP contribution is 2.21. The van der Waals surface area contributed by atoms with E-state index in [0.717, 1.165) is 30.6 Å². The Kier molecular flexibility index (Phi) is 3.54. The molecule has 1 aromatic heterocycles. The highest BCUT2D eigenvalue weighted by Gasteiger charge is 2.25. The number of H-pyrrole nitrogens is 1. The van der Waals surface area contributed by atoms with Gasteiger partial charge >= 0.3 is 0 Å². The average molecular weight is 269 g/mol. The van der Waals surface area contributed by atoms with Crippen LogP contribution in [0.1, 0.15) is 36.7 Å². The first-order valence-electron chi connectivity index (χ1n) is 7.17. The van der Waals surface area contributed by atoms with E-state index in [4.69, 9.17) is 0 Å². The zero-order valence-electron chi connectivity index (χ0n) is 11.7. The molecule has 4 nitrogen and oxygen atoms in total. The van der Waals surface area contributed by atoms with Gasteiger partial charge < -0.3 is 4.90 Å². The summed E-state index contributed by atoms with van der Waals surface area (Å²) < 4.78 is 0. The summed E-state index contributed by atoms with van der Waals surface area (Å²) in [5.74, 6) is 0.0619. The van der Waals surface area contributed by atoms with Crippen molar-refractivity contribution in [2.45, 2.75) is 32.2 Å². The smallest absolute Gasteiger partial charge is 0.272 e. The number of nitrogens with one attached hydrogen (secondary N) is 1. The highest BCUT2D eigenvalue weighted by atomic mass is 16.2. The molecule has 1 aliphatic heterocycles. The van der Waals surface area contributed by atoms with Crippen molar-refractivity contribution in [1.29, 1.82) is 0 Å². The van der Waals surface area contributed by atoms with E-state index in [0.29, 0.717) is 11.7 Å². The summed E-state index contributed by atoms with van der Waals surface area (Å²) in [6.07, 6.45) is 3.39. The number of aromatic nitrogens is 2. The van der Waals surface area contributed by atoms with Gasteiger partial charge in [0.15, 0.2) is 0 Å². The van der Waals surface area contributed by atoms with E-state index in [2.05, 4.69) is 17.1 Å². The van der Waals surface area contributed by atoms with Gasteiger partial charge in [-0.25, -0.2) is 0 Å². The minimum absolute atomic E-state index is 0.0619. The largest absolute Gasteiger partial charge is 0.335 e. The first kappa shape index (κ1) is 12.9. The van der Waals surface area contributed by atoms with Gasteiger partial charge in [0.25, 0.3) is 5.91 Å². The zero-order chi connectivity index (χ0) is 13.9. The van der Waals surface area contributed by atoms with Crippen LogP contribution in [-0.4, -0.2) is 33.6 Å². The number of hydrogen-bond donors (Lipinski definition) is 1. The molecule has 2 heterocycles. The fourth-order valence-electron chi connectivity index (χ4n) is 2.74. The number of hydrogen-bond acceptors (Lipinski definition) is 2. The lowest BCUT2D eigenvalue weighted by Crippen LogP contribution is -2.42. The monoisotopic (exact) mass is 269 g/mol. The van der Waals surface area contributed by atoms with Crippen molar-refractivity contribution >= 4 is 5.91 Å². The van der Waals surface area contributed by atoms with Crippen LogP contribution in [0.3, 0.4) is 0 Å². The second-order valence-corrected chi connectivity index (χ2v) is 5.38. The molecular formula is C16H19N3O. The third kappa shape index (κ3) is 2.46. The van der Waals surface area contributed by atoms with Crippen LogP contribution in [0.2, 0.25) is 0 Å². The van der Waals surface area contributed by atoms with Crippen molar-refractivity contribution in [2.24, 2.45) is 0 Å². The van der Waals surface area contributed by atoms with Crippen LogP contribution in [0.4, 0.5) is 0 Å². The third-order valence-corrected chi connectivity index (χ3v) is 3.94. The number of carbonyl (C=O) groups is 1. The third-order valence-electron chi connectivity index (χ3n) is 3.94. The van der Waals surface area contributed by atoms with E-state index in [-0.39, 0.29) is 5.91 Å². The Balaban J connectivity index is 1.81. The normalized spacial score (nSPS) is 19.1. The first-order chi connectivity index (χ1) is 9.75. The Bertz CT molecular complexity index is 591. The molecule has 0 spiro atoms. The molecule has 1 amide bonds. The Hall–Kier alpha value is -2.10. The van der Waals surface area contributed by atoms with Gasteiger partial charge in [0.05, 0.1) is 5.69 Å². The molecule has 4 heteroatoms. The predicted octanol–water partition coefficient (Wildman–Crippen LogP) is 3.09. The summed E-state index contributed by atoms with van der Waals surface area (Å²) in [6, 6.07) is 12.1. The molecule has 0 radical (unpaired) electrons. The van der Waals surface area contributed by atoms with Crippen molar-refractivity contribution in [3.05, 3.63) is 42.1 Å². The quantitative estimate of drug-likeness (QED) is 0.910. The summed E-state index contributed by atoms with van der Waals surface area (Å²) in [4.78, 5) is 14.5. The van der Waals surface area contributed by atoms with E-state index < -0.39 is 0 Å². The topological polar surface area (TPSA) is 49.0 Å². The number of benzene rings is 1. The number of nitrogens with zero attached hydrogens (tertiary/aromatic N) is 2. The fraction of sp³-hybridized carbons (Fsp3) is 0.375. The summed E-state index contributed by atoms with van der Waals surface area (Å²) in [7, 11) is 0. The molecule has 1 aliphatic rings. The molecule has 0 aliphatic carbocycles. The minimum Gasteiger partial charge on any atom is -0.335 e. The van der Waals surface area contributed by atoms with Crippen molar-refractivity contribution < 1.29 is 4.79 Å². The summed E-state index contributed by atoms with van der Waals surface area (Å²) >= 11 is 0. The van der Waals surface area contributed by atoms with E-state index in [1.807, 2.05) is 41.3 Å². The maximum absolute atomic E-state index is 12.5. The molecule has 0 unspecified atom stereocenters. The van der Waals surface area contributed by atoms with Gasteiger partial charge in [-0.1, -0.05) is 30.3 Å². The Morgan fingerprint density at radius 3 is 2.85 bits per heavy atom. The second-order valence-electron chi connectivity index (χ2n) is 5.38. The van der Waals surface area contributed by atoms with Crippen molar-refractivity contribution in [2.75, 3.05) is 6.54 Å². The Morgan fingerprint density at radius 2 is 2.10 bits per heavy atom. The van der Waals surface area contributed by atoms with Crippen LogP contribution >= 0.6 is 0 Å². The van der Waals surface area contributed by atoms with Gasteiger partial charge in [-0.05, 0) is 32.3 Å². The van der Waals surface area contributed by atoms with Crippen LogP contribution in [0.25, 0.3) is 11.3 Å². The number of piperidine rings is 1. The standard InChI is InChI=1S/C16H19N3O/c1-12-7-5-6-10-19(12)16(20)15-11-14(17-18-15)13-8-3-2-4-9-13/h2-4,8-9,11-12H,5-7,10H2,1H3,(H,17,18)/t12-/m1/s1. The first-order valence-corrected chi connectivity index (χ1v) is 7.17. The van der Waals surface area contributed by atoms with Gasteiger partial charge in [-0.2, -0.15) is 5.10 Å². The van der Waals surface area contributed by atoms with Crippen LogP contribution < -0.4 is 0 Å². The van der Waals surface area contributed by atoms with Gasteiger partial charge in [0, 0.05) is 18.2 Å². The number of amides is 1. The number of likely N-dealkylation sites (tertiary alicyclic amines) is 1. The molecule has 1 saturated heterocycles. The second kappa shape index (κ2) is 5.49. The van der Waals surface area contributed by atoms with Crippen LogP contribution in [-0.2, 0) is 0 Å². The lowest BCUT2D eigenvalue weighted by Gasteiger charge is -2.32. The van der Waals surface area contributed by atoms with E-state index in [9.17, 15) is 4.79 Å². The van der Waals surface area contributed by atoms with Gasteiger partial charge in [-0.3, -0.25) is 9.89 Å². The zero-order valence-corrected chi connectivity index (χ0v) is 11.7. The van der Waals surface area contributed by atoms with E-state index in [1.54, 1.807) is 0 Å². The lowest BCUT2D eigenvalue weighted by atomic mass is 10.0. The lowest BCUT2D eigenvalue weighted by molar-refractivity contribution is 0.0629. The summed E-state index contributed by atoms with van der Waals surface area (Å²) in [5.41, 5.74) is 2.42. The van der Waals surface area contributed by atoms with Gasteiger partial charge in [0.1, 0.15) is 5.69 Å². The van der Waals surface area contributed by atoms with Gasteiger partial charge in [0.2, 0.25) is 0 Å². The molecule has 1 fully saturated rings. The van der Waals surface area contributed by atoms with Crippen LogP contribution in [0.15, 0.2) is 36.4 Å². The fourth-order valence-corrected chi connectivity index (χ4v) is 2.74. The highest BCUT2D eigenvalue weighted by molar-refractivity contribution is 5.93. The molecular weight excluding hydrogens is 250 g/mol. The number of aromatic amines is 1. The SMILES string of the molecule is C[C@@H]1CCCCN1C(=O)c1cc(-c2ccccc2)n[nH]1. The van der Waals surface area contributed by atoms with E-state index in [1.165, 1.54) is 6.42 Å². The van der Waals surface area contributed by atoms with Crippen LogP contribution in [0, 0.1) is 0 Å². The molecule has 0 saturated carbocycles. The molecule has 104 valence electrons. The molecule has 20 heavy (non-hydrogen) atoms. The van der Waals surface area contributed by atoms with Crippen LogP contribution in [0.5, 0.6) is 0 Å². The molecule has 1 atom stereocenters. The van der Waals surface area contributed by atoms with Crippen molar-refractivity contribution in [3.8, 4) is 11.3 Å². The Labute approximate surface area is 118 Å². The average Bonchev–Trinajstić information content (AvgIpc) is 2.98. The van der Waals surface area contributed by atoms with Crippen molar-refractivity contribution in [3.63, 3.8) is 0 Å². The molecule has 1 N–H and O–H groups in total. The molecule has 0 bridgehead atoms. The molecule has 3 rings (SSSR count). The maximum atomic E-state index is 12.5. The van der Waals surface area contributed by atoms with Crippen molar-refractivity contribution in [1.82, 2.24) is 15.1 Å². The number of rotatable bonds is 2. The summed E-state index contributed by atoms with van der Waals surface area (Å²) in [5, 5.41) is 7.14. The number of carbonyl (C=O) groups excluding carboxylic acids is 1.